The lowest BCUT2D eigenvalue weighted by molar-refractivity contribution is 1.38. The molecule has 0 unspecified atom stereocenters. The van der Waals surface area contributed by atoms with Crippen molar-refractivity contribution in [3.8, 4) is 0 Å². The van der Waals surface area contributed by atoms with Crippen LogP contribution in [-0.4, -0.2) is 0 Å². The zero-order valence-electron chi connectivity index (χ0n) is 8.99. The van der Waals surface area contributed by atoms with Crippen LogP contribution in [0.1, 0.15) is 5.56 Å². The number of anilines is 1. The predicted octanol–water partition coefficient (Wildman–Crippen LogP) is 4.87. The number of nitrogen functional groups attached to an aromatic ring is 1. The molecule has 0 aliphatic heterocycles. The quantitative estimate of drug-likeness (QED) is 0.643. The molecule has 0 bridgehead atoms. The molecule has 0 saturated carbocycles. The van der Waals surface area contributed by atoms with E-state index in [1.54, 1.807) is 17.8 Å². The van der Waals surface area contributed by atoms with Crippen molar-refractivity contribution < 1.29 is 0 Å². The molecular weight excluding hydrogens is 273 g/mol. The van der Waals surface area contributed by atoms with E-state index in [0.717, 1.165) is 15.7 Å². The van der Waals surface area contributed by atoms with E-state index in [2.05, 4.69) is 0 Å². The summed E-state index contributed by atoms with van der Waals surface area (Å²) >= 11 is 13.5. The molecule has 0 saturated heterocycles. The Hall–Kier alpha value is -0.830. The van der Waals surface area contributed by atoms with Crippen LogP contribution in [0.2, 0.25) is 10.0 Å². The number of rotatable bonds is 3. The average Bonchev–Trinajstić information content (AvgIpc) is 2.28. The molecule has 2 aromatic carbocycles. The lowest BCUT2D eigenvalue weighted by atomic mass is 10.2. The van der Waals surface area contributed by atoms with E-state index in [4.69, 9.17) is 28.9 Å². The molecular formula is C13H11Cl2NS. The van der Waals surface area contributed by atoms with Crippen molar-refractivity contribution in [2.24, 2.45) is 0 Å². The van der Waals surface area contributed by atoms with Crippen molar-refractivity contribution in [3.05, 3.63) is 58.1 Å². The van der Waals surface area contributed by atoms with Crippen LogP contribution in [0, 0.1) is 0 Å². The van der Waals surface area contributed by atoms with Crippen LogP contribution in [0.4, 0.5) is 5.69 Å². The van der Waals surface area contributed by atoms with Gasteiger partial charge in [-0.15, -0.1) is 11.8 Å². The van der Waals surface area contributed by atoms with Crippen LogP contribution in [0.15, 0.2) is 47.4 Å². The topological polar surface area (TPSA) is 26.0 Å². The fourth-order valence-electron chi connectivity index (χ4n) is 1.44. The van der Waals surface area contributed by atoms with Gasteiger partial charge in [-0.25, -0.2) is 0 Å². The zero-order valence-corrected chi connectivity index (χ0v) is 11.3. The molecule has 0 fully saturated rings. The highest BCUT2D eigenvalue weighted by molar-refractivity contribution is 7.98. The smallest absolute Gasteiger partial charge is 0.0467 e. The van der Waals surface area contributed by atoms with Crippen LogP contribution >= 0.6 is 35.0 Å². The number of thioether (sulfide) groups is 1. The first-order chi connectivity index (χ1) is 8.15. The molecule has 0 atom stereocenters. The fourth-order valence-corrected chi connectivity index (χ4v) is 2.72. The maximum absolute atomic E-state index is 5.93. The molecule has 0 aliphatic carbocycles. The van der Waals surface area contributed by atoms with Gasteiger partial charge in [0.2, 0.25) is 0 Å². The first-order valence-electron chi connectivity index (χ1n) is 5.07. The van der Waals surface area contributed by atoms with Gasteiger partial charge in [-0.05, 0) is 35.9 Å². The van der Waals surface area contributed by atoms with Crippen molar-refractivity contribution in [1.82, 2.24) is 0 Å². The second-order valence-electron chi connectivity index (χ2n) is 3.60. The lowest BCUT2D eigenvalue weighted by Gasteiger charge is -2.06. The third-order valence-electron chi connectivity index (χ3n) is 2.26. The summed E-state index contributed by atoms with van der Waals surface area (Å²) < 4.78 is 0. The molecule has 0 amide bonds. The highest BCUT2D eigenvalue weighted by atomic mass is 35.5. The SMILES string of the molecule is Nc1cc(Cl)ccc1SCc1cccc(Cl)c1. The van der Waals surface area contributed by atoms with Gasteiger partial charge in [0.1, 0.15) is 0 Å². The molecule has 2 aromatic rings. The molecule has 1 nitrogen and oxygen atoms in total. The highest BCUT2D eigenvalue weighted by Gasteiger charge is 2.02. The number of nitrogens with two attached hydrogens (primary N) is 1. The summed E-state index contributed by atoms with van der Waals surface area (Å²) in [6, 6.07) is 13.4. The van der Waals surface area contributed by atoms with E-state index in [9.17, 15) is 0 Å². The lowest BCUT2D eigenvalue weighted by Crippen LogP contribution is -1.89. The summed E-state index contributed by atoms with van der Waals surface area (Å²) in [4.78, 5) is 1.04. The molecule has 0 spiro atoms. The Bertz CT molecular complexity index is 529. The van der Waals surface area contributed by atoms with Crippen molar-refractivity contribution in [1.29, 1.82) is 0 Å². The van der Waals surface area contributed by atoms with E-state index in [0.29, 0.717) is 10.7 Å². The Morgan fingerprint density at radius 3 is 2.47 bits per heavy atom. The molecule has 0 heterocycles. The summed E-state index contributed by atoms with van der Waals surface area (Å²) in [6.07, 6.45) is 0. The van der Waals surface area contributed by atoms with Gasteiger partial charge in [-0.3, -0.25) is 0 Å². The highest BCUT2D eigenvalue weighted by Crippen LogP contribution is 2.30. The minimum absolute atomic E-state index is 0.662. The van der Waals surface area contributed by atoms with Crippen LogP contribution in [-0.2, 0) is 5.75 Å². The van der Waals surface area contributed by atoms with E-state index >= 15 is 0 Å². The monoisotopic (exact) mass is 283 g/mol. The molecule has 17 heavy (non-hydrogen) atoms. The van der Waals surface area contributed by atoms with E-state index in [1.165, 1.54) is 5.56 Å². The zero-order chi connectivity index (χ0) is 12.3. The second-order valence-corrected chi connectivity index (χ2v) is 5.49. The minimum Gasteiger partial charge on any atom is -0.398 e. The third kappa shape index (κ3) is 3.56. The summed E-state index contributed by atoms with van der Waals surface area (Å²) in [5.41, 5.74) is 7.77. The van der Waals surface area contributed by atoms with Crippen molar-refractivity contribution in [2.75, 3.05) is 5.73 Å². The Morgan fingerprint density at radius 2 is 1.76 bits per heavy atom. The van der Waals surface area contributed by atoms with Crippen molar-refractivity contribution in [2.45, 2.75) is 10.6 Å². The van der Waals surface area contributed by atoms with Gasteiger partial charge in [0.15, 0.2) is 0 Å². The standard InChI is InChI=1S/C13H11Cl2NS/c14-10-3-1-2-9(6-10)8-17-13-5-4-11(15)7-12(13)16/h1-7H,8,16H2. The van der Waals surface area contributed by atoms with Gasteiger partial charge in [0.25, 0.3) is 0 Å². The average molecular weight is 284 g/mol. The van der Waals surface area contributed by atoms with Gasteiger partial charge in [0.05, 0.1) is 0 Å². The maximum Gasteiger partial charge on any atom is 0.0467 e. The number of benzene rings is 2. The summed E-state index contributed by atoms with van der Waals surface area (Å²) in [5.74, 6) is 0.840. The van der Waals surface area contributed by atoms with Crippen LogP contribution in [0.5, 0.6) is 0 Å². The van der Waals surface area contributed by atoms with Gasteiger partial charge < -0.3 is 5.73 Å². The first kappa shape index (κ1) is 12.6. The molecule has 4 heteroatoms. The first-order valence-corrected chi connectivity index (χ1v) is 6.81. The fraction of sp³-hybridized carbons (Fsp3) is 0.0769. The Morgan fingerprint density at radius 1 is 1.00 bits per heavy atom. The number of hydrogen-bond acceptors (Lipinski definition) is 2. The molecule has 0 aliphatic rings. The van der Waals surface area contributed by atoms with Gasteiger partial charge in [-0.2, -0.15) is 0 Å². The van der Waals surface area contributed by atoms with Crippen LogP contribution < -0.4 is 5.73 Å². The van der Waals surface area contributed by atoms with Crippen molar-refractivity contribution >= 4 is 40.7 Å². The van der Waals surface area contributed by atoms with E-state index in [1.807, 2.05) is 36.4 Å². The summed E-state index contributed by atoms with van der Waals surface area (Å²) in [7, 11) is 0. The second kappa shape index (κ2) is 5.67. The predicted molar refractivity (Wildman–Crippen MR) is 76.9 cm³/mol. The number of halogens is 2. The third-order valence-corrected chi connectivity index (χ3v) is 3.89. The molecule has 2 rings (SSSR count). The normalized spacial score (nSPS) is 10.5. The van der Waals surface area contributed by atoms with Gasteiger partial charge in [0, 0.05) is 26.4 Å². The molecule has 88 valence electrons. The van der Waals surface area contributed by atoms with E-state index < -0.39 is 0 Å². The minimum atomic E-state index is 0.662. The Kier molecular flexibility index (Phi) is 4.21. The summed E-state index contributed by atoms with van der Waals surface area (Å²) in [6.45, 7) is 0. The summed E-state index contributed by atoms with van der Waals surface area (Å²) in [5, 5.41) is 1.42. The number of hydrogen-bond donors (Lipinski definition) is 1. The van der Waals surface area contributed by atoms with Crippen molar-refractivity contribution in [3.63, 3.8) is 0 Å². The van der Waals surface area contributed by atoms with Gasteiger partial charge in [-0.1, -0.05) is 35.3 Å². The maximum atomic E-state index is 5.93. The largest absolute Gasteiger partial charge is 0.398 e. The van der Waals surface area contributed by atoms with Gasteiger partial charge >= 0.3 is 0 Å². The van der Waals surface area contributed by atoms with Crippen LogP contribution in [0.25, 0.3) is 0 Å². The molecule has 2 N–H and O–H groups in total. The van der Waals surface area contributed by atoms with E-state index in [-0.39, 0.29) is 0 Å². The molecule has 0 radical (unpaired) electrons. The molecule has 0 aromatic heterocycles. The Balaban J connectivity index is 2.07. The Labute approximate surface area is 115 Å². The van der Waals surface area contributed by atoms with Crippen LogP contribution in [0.3, 0.4) is 0 Å².